The molecule has 0 unspecified atom stereocenters. The Labute approximate surface area is 129 Å². The zero-order chi connectivity index (χ0) is 15.4. The van der Waals surface area contributed by atoms with Gasteiger partial charge in [0, 0.05) is 5.69 Å². The number of benzene rings is 2. The number of amides is 1. The minimum Gasteiger partial charge on any atom is -0.465 e. The third kappa shape index (κ3) is 3.46. The molecule has 0 bridgehead atoms. The van der Waals surface area contributed by atoms with E-state index in [-0.39, 0.29) is 10.0 Å². The summed E-state index contributed by atoms with van der Waals surface area (Å²) in [5.41, 5.74) is 0.895. The fraction of sp³-hybridized carbons (Fsp3) is 0.0667. The van der Waals surface area contributed by atoms with Crippen molar-refractivity contribution in [3.05, 3.63) is 63.9 Å². The molecule has 0 aliphatic carbocycles. The lowest BCUT2D eigenvalue weighted by Gasteiger charge is -2.08. The molecule has 0 heterocycles. The first kappa shape index (κ1) is 15.2. The predicted octanol–water partition coefficient (Wildman–Crippen LogP) is 3.63. The largest absolute Gasteiger partial charge is 0.465 e. The highest BCUT2D eigenvalue weighted by Gasteiger charge is 2.14. The van der Waals surface area contributed by atoms with E-state index in [1.165, 1.54) is 31.4 Å². The fourth-order valence-corrected chi connectivity index (χ4v) is 2.16. The summed E-state index contributed by atoms with van der Waals surface area (Å²) in [6, 6.07) is 10.5. The van der Waals surface area contributed by atoms with Gasteiger partial charge in [0.25, 0.3) is 5.91 Å². The summed E-state index contributed by atoms with van der Waals surface area (Å²) in [6.45, 7) is 0. The number of rotatable bonds is 3. The molecule has 1 N–H and O–H groups in total. The first-order chi connectivity index (χ1) is 10.0. The molecule has 1 amide bonds. The molecule has 0 radical (unpaired) electrons. The zero-order valence-electron chi connectivity index (χ0n) is 11.0. The fourth-order valence-electron chi connectivity index (χ4n) is 1.72. The molecular formula is C15H11BrFNO3. The average molecular weight is 352 g/mol. The Hall–Kier alpha value is -2.21. The summed E-state index contributed by atoms with van der Waals surface area (Å²) in [7, 11) is 1.28. The summed E-state index contributed by atoms with van der Waals surface area (Å²) >= 11 is 3.03. The number of esters is 1. The molecule has 0 aliphatic rings. The van der Waals surface area contributed by atoms with Gasteiger partial charge in [-0.15, -0.1) is 0 Å². The molecule has 0 fully saturated rings. The van der Waals surface area contributed by atoms with Crippen LogP contribution in [0.4, 0.5) is 10.1 Å². The molecule has 2 aromatic rings. The van der Waals surface area contributed by atoms with Crippen molar-refractivity contribution in [3.63, 3.8) is 0 Å². The number of anilines is 1. The molecule has 4 nitrogen and oxygen atoms in total. The summed E-state index contributed by atoms with van der Waals surface area (Å²) in [5, 5.41) is 2.60. The van der Waals surface area contributed by atoms with Gasteiger partial charge in [0.15, 0.2) is 0 Å². The second-order valence-corrected chi connectivity index (χ2v) is 4.92. The highest BCUT2D eigenvalue weighted by atomic mass is 79.9. The predicted molar refractivity (Wildman–Crippen MR) is 79.8 cm³/mol. The van der Waals surface area contributed by atoms with Gasteiger partial charge < -0.3 is 10.1 Å². The molecule has 0 spiro atoms. The summed E-state index contributed by atoms with van der Waals surface area (Å²) in [5.74, 6) is -1.51. The number of carbonyl (C=O) groups excluding carboxylic acids is 2. The standard InChI is InChI=1S/C15H11BrFNO3/c1-21-15(20)9-4-2-5-10(8-9)18-14(19)11-6-3-7-12(17)13(11)16/h2-8H,1H3,(H,18,19). The van der Waals surface area contributed by atoms with Crippen LogP contribution in [0.5, 0.6) is 0 Å². The third-order valence-corrected chi connectivity index (χ3v) is 3.54. The van der Waals surface area contributed by atoms with Gasteiger partial charge in [-0.05, 0) is 46.3 Å². The highest BCUT2D eigenvalue weighted by molar-refractivity contribution is 9.10. The molecule has 6 heteroatoms. The summed E-state index contributed by atoms with van der Waals surface area (Å²) in [4.78, 5) is 23.5. The van der Waals surface area contributed by atoms with Crippen LogP contribution in [0.3, 0.4) is 0 Å². The van der Waals surface area contributed by atoms with E-state index < -0.39 is 17.7 Å². The summed E-state index contributed by atoms with van der Waals surface area (Å²) in [6.07, 6.45) is 0. The Bertz CT molecular complexity index is 703. The molecule has 0 aromatic heterocycles. The van der Waals surface area contributed by atoms with Gasteiger partial charge >= 0.3 is 5.97 Å². The SMILES string of the molecule is COC(=O)c1cccc(NC(=O)c2cccc(F)c2Br)c1. The lowest BCUT2D eigenvalue weighted by Crippen LogP contribution is -2.13. The number of hydrogen-bond acceptors (Lipinski definition) is 3. The summed E-state index contributed by atoms with van der Waals surface area (Å²) < 4.78 is 18.1. The van der Waals surface area contributed by atoms with Crippen LogP contribution in [0.2, 0.25) is 0 Å². The third-order valence-electron chi connectivity index (χ3n) is 2.74. The van der Waals surface area contributed by atoms with Gasteiger partial charge in [-0.3, -0.25) is 4.79 Å². The van der Waals surface area contributed by atoms with E-state index in [2.05, 4.69) is 26.0 Å². The number of nitrogens with one attached hydrogen (secondary N) is 1. The lowest BCUT2D eigenvalue weighted by atomic mass is 10.1. The maximum Gasteiger partial charge on any atom is 0.337 e. The second-order valence-electron chi connectivity index (χ2n) is 4.13. The minimum absolute atomic E-state index is 0.0895. The number of halogens is 2. The monoisotopic (exact) mass is 351 g/mol. The van der Waals surface area contributed by atoms with E-state index in [1.807, 2.05) is 0 Å². The first-order valence-electron chi connectivity index (χ1n) is 5.96. The van der Waals surface area contributed by atoms with Crippen molar-refractivity contribution < 1.29 is 18.7 Å². The van der Waals surface area contributed by atoms with Crippen LogP contribution < -0.4 is 5.32 Å². The van der Waals surface area contributed by atoms with Gasteiger partial charge in [-0.1, -0.05) is 12.1 Å². The molecule has 108 valence electrons. The maximum atomic E-state index is 13.4. The first-order valence-corrected chi connectivity index (χ1v) is 6.76. The topological polar surface area (TPSA) is 55.4 Å². The van der Waals surface area contributed by atoms with Crippen molar-refractivity contribution in [2.24, 2.45) is 0 Å². The van der Waals surface area contributed by atoms with Crippen LogP contribution in [-0.2, 0) is 4.74 Å². The Morgan fingerprint density at radius 3 is 2.62 bits per heavy atom. The number of carbonyl (C=O) groups is 2. The number of hydrogen-bond donors (Lipinski definition) is 1. The second kappa shape index (κ2) is 6.49. The van der Waals surface area contributed by atoms with Crippen molar-refractivity contribution in [2.75, 3.05) is 12.4 Å². The van der Waals surface area contributed by atoms with Crippen molar-refractivity contribution >= 4 is 33.5 Å². The van der Waals surface area contributed by atoms with Gasteiger partial charge in [-0.2, -0.15) is 0 Å². The van der Waals surface area contributed by atoms with E-state index in [9.17, 15) is 14.0 Å². The molecule has 0 saturated heterocycles. The Balaban J connectivity index is 2.24. The maximum absolute atomic E-state index is 13.4. The van der Waals surface area contributed by atoms with Gasteiger partial charge in [-0.25, -0.2) is 9.18 Å². The molecule has 2 rings (SSSR count). The van der Waals surface area contributed by atoms with Crippen LogP contribution >= 0.6 is 15.9 Å². The van der Waals surface area contributed by atoms with Crippen molar-refractivity contribution in [2.45, 2.75) is 0 Å². The average Bonchev–Trinajstić information content (AvgIpc) is 2.49. The molecule has 2 aromatic carbocycles. The van der Waals surface area contributed by atoms with E-state index in [0.717, 1.165) is 0 Å². The quantitative estimate of drug-likeness (QED) is 0.859. The van der Waals surface area contributed by atoms with E-state index in [4.69, 9.17) is 0 Å². The normalized spacial score (nSPS) is 10.0. The van der Waals surface area contributed by atoms with Crippen LogP contribution in [0.1, 0.15) is 20.7 Å². The zero-order valence-corrected chi connectivity index (χ0v) is 12.6. The Morgan fingerprint density at radius 2 is 1.90 bits per heavy atom. The van der Waals surface area contributed by atoms with Crippen molar-refractivity contribution in [3.8, 4) is 0 Å². The molecule has 0 aliphatic heterocycles. The van der Waals surface area contributed by atoms with E-state index in [1.54, 1.807) is 18.2 Å². The minimum atomic E-state index is -0.522. The Morgan fingerprint density at radius 1 is 1.19 bits per heavy atom. The van der Waals surface area contributed by atoms with Gasteiger partial charge in [0.1, 0.15) is 5.82 Å². The molecule has 0 saturated carbocycles. The van der Waals surface area contributed by atoms with E-state index in [0.29, 0.717) is 11.3 Å². The van der Waals surface area contributed by atoms with Gasteiger partial charge in [0.2, 0.25) is 0 Å². The van der Waals surface area contributed by atoms with Crippen LogP contribution in [0, 0.1) is 5.82 Å². The number of ether oxygens (including phenoxy) is 1. The highest BCUT2D eigenvalue weighted by Crippen LogP contribution is 2.22. The van der Waals surface area contributed by atoms with Crippen molar-refractivity contribution in [1.29, 1.82) is 0 Å². The van der Waals surface area contributed by atoms with Crippen molar-refractivity contribution in [1.82, 2.24) is 0 Å². The van der Waals surface area contributed by atoms with Crippen LogP contribution in [-0.4, -0.2) is 19.0 Å². The van der Waals surface area contributed by atoms with Gasteiger partial charge in [0.05, 0.1) is 22.7 Å². The van der Waals surface area contributed by atoms with E-state index >= 15 is 0 Å². The van der Waals surface area contributed by atoms with Crippen LogP contribution in [0.25, 0.3) is 0 Å². The number of methoxy groups -OCH3 is 1. The lowest BCUT2D eigenvalue weighted by molar-refractivity contribution is 0.0600. The Kier molecular flexibility index (Phi) is 4.70. The molecule has 21 heavy (non-hydrogen) atoms. The smallest absolute Gasteiger partial charge is 0.337 e. The molecule has 0 atom stereocenters. The van der Waals surface area contributed by atoms with Crippen LogP contribution in [0.15, 0.2) is 46.9 Å². The molecular weight excluding hydrogens is 341 g/mol.